The highest BCUT2D eigenvalue weighted by atomic mass is 35.5. The topological polar surface area (TPSA) is 87.5 Å². The molecular formula is C20H34Cl2N4O2. The Labute approximate surface area is 180 Å². The lowest BCUT2D eigenvalue weighted by Gasteiger charge is -2.36. The van der Waals surface area contributed by atoms with Gasteiger partial charge in [0.15, 0.2) is 0 Å². The van der Waals surface area contributed by atoms with Crippen molar-refractivity contribution in [3.8, 4) is 0 Å². The fourth-order valence-electron chi connectivity index (χ4n) is 3.20. The Morgan fingerprint density at radius 3 is 2.46 bits per heavy atom. The third-order valence-corrected chi connectivity index (χ3v) is 4.96. The highest BCUT2D eigenvalue weighted by molar-refractivity contribution is 5.87. The first-order valence-electron chi connectivity index (χ1n) is 9.55. The first-order chi connectivity index (χ1) is 12.5. The number of piperidine rings is 1. The van der Waals surface area contributed by atoms with Gasteiger partial charge < -0.3 is 16.4 Å². The van der Waals surface area contributed by atoms with Crippen LogP contribution in [-0.2, 0) is 16.1 Å². The van der Waals surface area contributed by atoms with E-state index in [1.165, 1.54) is 18.4 Å². The van der Waals surface area contributed by atoms with Crippen molar-refractivity contribution in [3.05, 3.63) is 35.9 Å². The highest BCUT2D eigenvalue weighted by Crippen LogP contribution is 2.19. The lowest BCUT2D eigenvalue weighted by molar-refractivity contribution is -0.127. The van der Waals surface area contributed by atoms with Crippen LogP contribution in [0.5, 0.6) is 0 Å². The predicted octanol–water partition coefficient (Wildman–Crippen LogP) is 2.10. The molecule has 2 rings (SSSR count). The molecule has 160 valence electrons. The molecule has 0 aliphatic carbocycles. The molecule has 1 aliphatic rings. The van der Waals surface area contributed by atoms with Crippen molar-refractivity contribution in [1.82, 2.24) is 15.5 Å². The van der Waals surface area contributed by atoms with Crippen molar-refractivity contribution in [2.45, 2.75) is 51.7 Å². The summed E-state index contributed by atoms with van der Waals surface area (Å²) >= 11 is 0. The van der Waals surface area contributed by atoms with E-state index in [-0.39, 0.29) is 49.1 Å². The summed E-state index contributed by atoms with van der Waals surface area (Å²) in [5, 5.41) is 5.57. The molecule has 2 amide bonds. The van der Waals surface area contributed by atoms with Crippen molar-refractivity contribution >= 4 is 36.6 Å². The summed E-state index contributed by atoms with van der Waals surface area (Å²) in [6.07, 6.45) is 3.46. The van der Waals surface area contributed by atoms with Crippen molar-refractivity contribution in [1.29, 1.82) is 0 Å². The van der Waals surface area contributed by atoms with Gasteiger partial charge in [0.25, 0.3) is 0 Å². The molecule has 1 aromatic rings. The van der Waals surface area contributed by atoms with Gasteiger partial charge in [-0.3, -0.25) is 14.5 Å². The fourth-order valence-corrected chi connectivity index (χ4v) is 3.20. The van der Waals surface area contributed by atoms with Crippen LogP contribution in [-0.4, -0.2) is 48.4 Å². The van der Waals surface area contributed by atoms with E-state index in [1.54, 1.807) is 0 Å². The molecule has 0 saturated carbocycles. The van der Waals surface area contributed by atoms with Crippen LogP contribution in [0.25, 0.3) is 0 Å². The zero-order valence-electron chi connectivity index (χ0n) is 16.7. The van der Waals surface area contributed by atoms with E-state index in [0.717, 1.165) is 19.5 Å². The minimum Gasteiger partial charge on any atom is -0.353 e. The van der Waals surface area contributed by atoms with Crippen LogP contribution in [0.3, 0.4) is 0 Å². The summed E-state index contributed by atoms with van der Waals surface area (Å²) in [4.78, 5) is 26.3. The lowest BCUT2D eigenvalue weighted by atomic mass is 10.0. The van der Waals surface area contributed by atoms with E-state index in [9.17, 15) is 9.59 Å². The van der Waals surface area contributed by atoms with Gasteiger partial charge in [0.05, 0.1) is 12.6 Å². The number of halogens is 2. The predicted molar refractivity (Wildman–Crippen MR) is 118 cm³/mol. The van der Waals surface area contributed by atoms with Gasteiger partial charge in [0.1, 0.15) is 0 Å². The van der Waals surface area contributed by atoms with Crippen LogP contribution >= 0.6 is 24.8 Å². The molecule has 0 aromatic heterocycles. The number of carbonyl (C=O) groups is 2. The molecule has 0 spiro atoms. The second-order valence-electron chi connectivity index (χ2n) is 7.40. The van der Waals surface area contributed by atoms with Gasteiger partial charge in [-0.1, -0.05) is 50.6 Å². The molecule has 0 radical (unpaired) electrons. The van der Waals surface area contributed by atoms with E-state index in [4.69, 9.17) is 5.73 Å². The number of benzene rings is 1. The van der Waals surface area contributed by atoms with E-state index < -0.39 is 6.04 Å². The summed E-state index contributed by atoms with van der Waals surface area (Å²) in [7, 11) is 0. The summed E-state index contributed by atoms with van der Waals surface area (Å²) < 4.78 is 0. The van der Waals surface area contributed by atoms with E-state index in [1.807, 2.05) is 19.9 Å². The summed E-state index contributed by atoms with van der Waals surface area (Å²) in [5.74, 6) is -0.398. The Morgan fingerprint density at radius 2 is 1.82 bits per heavy atom. The maximum absolute atomic E-state index is 12.1. The molecular weight excluding hydrogens is 399 g/mol. The smallest absolute Gasteiger partial charge is 0.239 e. The van der Waals surface area contributed by atoms with Gasteiger partial charge >= 0.3 is 0 Å². The number of hydrogen-bond acceptors (Lipinski definition) is 4. The van der Waals surface area contributed by atoms with Crippen LogP contribution in [0.15, 0.2) is 30.3 Å². The molecule has 1 saturated heterocycles. The third-order valence-electron chi connectivity index (χ3n) is 4.96. The number of hydrogen-bond donors (Lipinski definition) is 3. The molecule has 1 aromatic carbocycles. The zero-order valence-corrected chi connectivity index (χ0v) is 18.4. The Morgan fingerprint density at radius 1 is 1.14 bits per heavy atom. The van der Waals surface area contributed by atoms with Crippen LogP contribution in [0.2, 0.25) is 0 Å². The molecule has 2 atom stereocenters. The second kappa shape index (κ2) is 13.8. The average Bonchev–Trinajstić information content (AvgIpc) is 2.65. The van der Waals surface area contributed by atoms with Crippen LogP contribution < -0.4 is 16.4 Å². The number of amides is 2. The molecule has 28 heavy (non-hydrogen) atoms. The Bertz CT molecular complexity index is 587. The van der Waals surface area contributed by atoms with Crippen LogP contribution in [0.1, 0.15) is 38.7 Å². The quantitative estimate of drug-likeness (QED) is 0.586. The normalized spacial score (nSPS) is 17.8. The lowest BCUT2D eigenvalue weighted by Crippen LogP contribution is -2.50. The molecule has 1 heterocycles. The minimum absolute atomic E-state index is 0. The van der Waals surface area contributed by atoms with Crippen molar-refractivity contribution < 1.29 is 9.59 Å². The van der Waals surface area contributed by atoms with Crippen molar-refractivity contribution in [2.75, 3.05) is 19.6 Å². The first kappa shape index (κ1) is 26.7. The zero-order chi connectivity index (χ0) is 18.9. The highest BCUT2D eigenvalue weighted by Gasteiger charge is 2.23. The monoisotopic (exact) mass is 432 g/mol. The average molecular weight is 433 g/mol. The minimum atomic E-state index is -0.581. The maximum atomic E-state index is 12.1. The first-order valence-corrected chi connectivity index (χ1v) is 9.55. The number of nitrogens with two attached hydrogens (primary N) is 1. The number of likely N-dealkylation sites (tertiary alicyclic amines) is 1. The Kier molecular flexibility index (Phi) is 13.1. The van der Waals surface area contributed by atoms with Gasteiger partial charge in [-0.15, -0.1) is 24.8 Å². The molecule has 1 unspecified atom stereocenters. The molecule has 4 N–H and O–H groups in total. The standard InChI is InChI=1S/C20H32N4O2.2ClH/c1-15(2)19(21)20(26)23-13-18(25)22-12-17-10-6-7-11-24(17)14-16-8-4-3-5-9-16;;/h3-5,8-9,15,17,19H,6-7,10-14,21H2,1-2H3,(H,22,25)(H,23,26);2*1H/t17?,19-;;/m0../s1. The number of rotatable bonds is 8. The van der Waals surface area contributed by atoms with Crippen molar-refractivity contribution in [2.24, 2.45) is 11.7 Å². The van der Waals surface area contributed by atoms with Crippen LogP contribution in [0.4, 0.5) is 0 Å². The molecule has 0 bridgehead atoms. The van der Waals surface area contributed by atoms with E-state index in [0.29, 0.717) is 12.6 Å². The summed E-state index contributed by atoms with van der Waals surface area (Å²) in [5.41, 5.74) is 7.07. The maximum Gasteiger partial charge on any atom is 0.239 e. The largest absolute Gasteiger partial charge is 0.353 e. The van der Waals surface area contributed by atoms with Gasteiger partial charge in [-0.2, -0.15) is 0 Å². The molecule has 6 nitrogen and oxygen atoms in total. The Hall–Kier alpha value is -1.34. The van der Waals surface area contributed by atoms with Crippen LogP contribution in [0, 0.1) is 5.92 Å². The SMILES string of the molecule is CC(C)[C@H](N)C(=O)NCC(=O)NCC1CCCCN1Cc1ccccc1.Cl.Cl. The van der Waals surface area contributed by atoms with Gasteiger partial charge in [-0.25, -0.2) is 0 Å². The van der Waals surface area contributed by atoms with Crippen molar-refractivity contribution in [3.63, 3.8) is 0 Å². The third kappa shape index (κ3) is 8.78. The fraction of sp³-hybridized carbons (Fsp3) is 0.600. The number of nitrogens with zero attached hydrogens (tertiary/aromatic N) is 1. The second-order valence-corrected chi connectivity index (χ2v) is 7.40. The summed E-state index contributed by atoms with van der Waals surface area (Å²) in [6, 6.07) is 10.2. The molecule has 1 fully saturated rings. The summed E-state index contributed by atoms with van der Waals surface area (Å²) in [6.45, 7) is 6.31. The molecule has 8 heteroatoms. The Balaban J connectivity index is 0.00000364. The van der Waals surface area contributed by atoms with E-state index in [2.05, 4.69) is 39.8 Å². The van der Waals surface area contributed by atoms with Gasteiger partial charge in [-0.05, 0) is 30.9 Å². The molecule has 1 aliphatic heterocycles. The van der Waals surface area contributed by atoms with Gasteiger partial charge in [0, 0.05) is 19.1 Å². The van der Waals surface area contributed by atoms with E-state index >= 15 is 0 Å². The van der Waals surface area contributed by atoms with Gasteiger partial charge in [0.2, 0.25) is 11.8 Å². The number of carbonyl (C=O) groups excluding carboxylic acids is 2. The number of nitrogens with one attached hydrogen (secondary N) is 2.